The van der Waals surface area contributed by atoms with Gasteiger partial charge in [-0.1, -0.05) is 26.0 Å². The van der Waals surface area contributed by atoms with Crippen LogP contribution in [0.15, 0.2) is 24.3 Å². The first-order valence-corrected chi connectivity index (χ1v) is 6.50. The maximum absolute atomic E-state index is 9.70. The molecule has 0 aliphatic heterocycles. The summed E-state index contributed by atoms with van der Waals surface area (Å²) in [7, 11) is 1.63. The first-order chi connectivity index (χ1) is 8.56. The molecule has 0 amide bonds. The molecule has 0 aliphatic rings. The third-order valence-electron chi connectivity index (χ3n) is 3.25. The van der Waals surface area contributed by atoms with Gasteiger partial charge < -0.3 is 14.6 Å². The first kappa shape index (κ1) is 14.8. The van der Waals surface area contributed by atoms with Crippen molar-refractivity contribution in [3.8, 4) is 11.5 Å². The summed E-state index contributed by atoms with van der Waals surface area (Å²) in [5.41, 5.74) is 0. The second-order valence-electron chi connectivity index (χ2n) is 4.94. The van der Waals surface area contributed by atoms with Crippen molar-refractivity contribution in [3.05, 3.63) is 24.3 Å². The number of hydrogen-bond acceptors (Lipinski definition) is 3. The van der Waals surface area contributed by atoms with Gasteiger partial charge in [-0.2, -0.15) is 0 Å². The van der Waals surface area contributed by atoms with E-state index >= 15 is 0 Å². The van der Waals surface area contributed by atoms with Gasteiger partial charge in [-0.05, 0) is 37.3 Å². The lowest BCUT2D eigenvalue weighted by molar-refractivity contribution is 0.0805. The average Bonchev–Trinajstić information content (AvgIpc) is 2.34. The second-order valence-corrected chi connectivity index (χ2v) is 4.94. The van der Waals surface area contributed by atoms with E-state index in [9.17, 15) is 5.11 Å². The van der Waals surface area contributed by atoms with E-state index in [1.54, 1.807) is 7.11 Å². The van der Waals surface area contributed by atoms with Crippen LogP contribution < -0.4 is 9.47 Å². The van der Waals surface area contributed by atoms with Gasteiger partial charge in [0.25, 0.3) is 0 Å². The van der Waals surface area contributed by atoms with Crippen LogP contribution in [0.4, 0.5) is 0 Å². The van der Waals surface area contributed by atoms with E-state index in [0.717, 1.165) is 17.9 Å². The normalized spacial score (nSPS) is 14.3. The highest BCUT2D eigenvalue weighted by atomic mass is 16.5. The van der Waals surface area contributed by atoms with E-state index in [4.69, 9.17) is 9.47 Å². The number of para-hydroxylation sites is 2. The molecule has 0 saturated carbocycles. The fourth-order valence-corrected chi connectivity index (χ4v) is 2.17. The zero-order valence-corrected chi connectivity index (χ0v) is 11.7. The lowest BCUT2D eigenvalue weighted by atomic mass is 9.88. The summed E-state index contributed by atoms with van der Waals surface area (Å²) in [5.74, 6) is 2.22. The Labute approximate surface area is 110 Å². The Kier molecular flexibility index (Phi) is 5.99. The molecule has 1 aromatic carbocycles. The molecule has 0 saturated heterocycles. The van der Waals surface area contributed by atoms with E-state index in [1.807, 2.05) is 31.2 Å². The van der Waals surface area contributed by atoms with Gasteiger partial charge in [0, 0.05) is 0 Å². The molecule has 0 spiro atoms. The molecule has 1 rings (SSSR count). The van der Waals surface area contributed by atoms with Gasteiger partial charge in [-0.15, -0.1) is 0 Å². The number of aliphatic hydroxyl groups excluding tert-OH is 1. The summed E-state index contributed by atoms with van der Waals surface area (Å²) in [5, 5.41) is 9.70. The summed E-state index contributed by atoms with van der Waals surface area (Å²) in [6.07, 6.45) is 0.541. The molecular weight excluding hydrogens is 228 g/mol. The molecule has 3 heteroatoms. The van der Waals surface area contributed by atoms with Gasteiger partial charge in [-0.25, -0.2) is 0 Å². The Morgan fingerprint density at radius 3 is 2.22 bits per heavy atom. The molecule has 0 aliphatic carbocycles. The minimum atomic E-state index is -0.300. The van der Waals surface area contributed by atoms with E-state index in [1.165, 1.54) is 0 Å². The summed E-state index contributed by atoms with van der Waals surface area (Å²) < 4.78 is 10.9. The van der Waals surface area contributed by atoms with Gasteiger partial charge in [0.05, 0.1) is 19.8 Å². The van der Waals surface area contributed by atoms with Crippen LogP contribution in [0, 0.1) is 11.8 Å². The monoisotopic (exact) mass is 252 g/mol. The number of ether oxygens (including phenoxy) is 2. The predicted octanol–water partition coefficient (Wildman–Crippen LogP) is 3.12. The Bertz CT molecular complexity index is 339. The summed E-state index contributed by atoms with van der Waals surface area (Å²) in [4.78, 5) is 0. The van der Waals surface area contributed by atoms with Crippen LogP contribution >= 0.6 is 0 Å². The molecule has 3 nitrogen and oxygen atoms in total. The van der Waals surface area contributed by atoms with Crippen LogP contribution in [-0.2, 0) is 0 Å². The zero-order chi connectivity index (χ0) is 13.5. The highest BCUT2D eigenvalue weighted by Gasteiger charge is 2.19. The van der Waals surface area contributed by atoms with Crippen LogP contribution in [0.25, 0.3) is 0 Å². The average molecular weight is 252 g/mol. The minimum Gasteiger partial charge on any atom is -0.493 e. The second kappa shape index (κ2) is 7.27. The largest absolute Gasteiger partial charge is 0.493 e. The lowest BCUT2D eigenvalue weighted by Gasteiger charge is -2.23. The molecule has 2 unspecified atom stereocenters. The van der Waals surface area contributed by atoms with E-state index in [0.29, 0.717) is 12.5 Å². The van der Waals surface area contributed by atoms with Gasteiger partial charge in [0.1, 0.15) is 0 Å². The summed E-state index contributed by atoms with van der Waals surface area (Å²) in [6.45, 7) is 6.68. The third-order valence-corrected chi connectivity index (χ3v) is 3.25. The van der Waals surface area contributed by atoms with Crippen molar-refractivity contribution < 1.29 is 14.6 Å². The van der Waals surface area contributed by atoms with Crippen molar-refractivity contribution in [3.63, 3.8) is 0 Å². The molecule has 1 N–H and O–H groups in total. The number of benzene rings is 1. The zero-order valence-electron chi connectivity index (χ0n) is 11.7. The van der Waals surface area contributed by atoms with Crippen molar-refractivity contribution in [2.75, 3.05) is 13.7 Å². The van der Waals surface area contributed by atoms with Crippen molar-refractivity contribution >= 4 is 0 Å². The molecule has 2 atom stereocenters. The molecule has 0 heterocycles. The molecule has 0 radical (unpaired) electrons. The van der Waals surface area contributed by atoms with Crippen LogP contribution in [-0.4, -0.2) is 24.9 Å². The Morgan fingerprint density at radius 1 is 1.11 bits per heavy atom. The van der Waals surface area contributed by atoms with Gasteiger partial charge in [0.2, 0.25) is 0 Å². The predicted molar refractivity (Wildman–Crippen MR) is 73.1 cm³/mol. The van der Waals surface area contributed by atoms with Crippen LogP contribution in [0.2, 0.25) is 0 Å². The number of hydrogen-bond donors (Lipinski definition) is 1. The summed E-state index contributed by atoms with van der Waals surface area (Å²) in [6, 6.07) is 7.61. The molecule has 0 fully saturated rings. The van der Waals surface area contributed by atoms with Crippen molar-refractivity contribution in [1.29, 1.82) is 0 Å². The van der Waals surface area contributed by atoms with Gasteiger partial charge in [0.15, 0.2) is 11.5 Å². The van der Waals surface area contributed by atoms with Gasteiger partial charge in [-0.3, -0.25) is 0 Å². The first-order valence-electron chi connectivity index (χ1n) is 6.50. The molecule has 18 heavy (non-hydrogen) atoms. The maximum Gasteiger partial charge on any atom is 0.161 e. The molecular formula is C15H24O3. The maximum atomic E-state index is 9.70. The number of methoxy groups -OCH3 is 1. The molecule has 1 aromatic rings. The highest BCUT2D eigenvalue weighted by Crippen LogP contribution is 2.27. The number of aliphatic hydroxyl groups is 1. The minimum absolute atomic E-state index is 0.264. The topological polar surface area (TPSA) is 38.7 Å². The standard InChI is InChI=1S/C15H24O3/c1-11(2)13(12(3)16)9-10-18-15-8-6-5-7-14(15)17-4/h5-8,11-13,16H,9-10H2,1-4H3. The Morgan fingerprint density at radius 2 is 1.72 bits per heavy atom. The lowest BCUT2D eigenvalue weighted by Crippen LogP contribution is -2.24. The van der Waals surface area contributed by atoms with Crippen molar-refractivity contribution in [2.24, 2.45) is 11.8 Å². The Balaban J connectivity index is 2.50. The third kappa shape index (κ3) is 4.22. The number of rotatable bonds is 7. The van der Waals surface area contributed by atoms with Crippen LogP contribution in [0.3, 0.4) is 0 Å². The highest BCUT2D eigenvalue weighted by molar-refractivity contribution is 5.39. The van der Waals surface area contributed by atoms with Crippen LogP contribution in [0.1, 0.15) is 27.2 Å². The molecule has 0 aromatic heterocycles. The molecule has 102 valence electrons. The van der Waals surface area contributed by atoms with E-state index in [-0.39, 0.29) is 12.0 Å². The smallest absolute Gasteiger partial charge is 0.161 e. The van der Waals surface area contributed by atoms with Crippen molar-refractivity contribution in [1.82, 2.24) is 0 Å². The quantitative estimate of drug-likeness (QED) is 0.810. The van der Waals surface area contributed by atoms with E-state index in [2.05, 4.69) is 13.8 Å². The van der Waals surface area contributed by atoms with E-state index < -0.39 is 0 Å². The van der Waals surface area contributed by atoms with Crippen LogP contribution in [0.5, 0.6) is 11.5 Å². The fourth-order valence-electron chi connectivity index (χ4n) is 2.17. The van der Waals surface area contributed by atoms with Gasteiger partial charge >= 0.3 is 0 Å². The summed E-state index contributed by atoms with van der Waals surface area (Å²) >= 11 is 0. The SMILES string of the molecule is COc1ccccc1OCCC(C(C)C)C(C)O. The van der Waals surface area contributed by atoms with Crippen molar-refractivity contribution in [2.45, 2.75) is 33.3 Å². The Hall–Kier alpha value is -1.22. The molecule has 0 bridgehead atoms. The fraction of sp³-hybridized carbons (Fsp3) is 0.600.